The minimum atomic E-state index is -0.512. The number of aryl methyl sites for hydroxylation is 3. The number of fused-ring (bicyclic) bond motifs is 1. The molecule has 0 fully saturated rings. The van der Waals surface area contributed by atoms with Gasteiger partial charge in [0, 0.05) is 10.4 Å². The van der Waals surface area contributed by atoms with Crippen LogP contribution in [0.3, 0.4) is 0 Å². The van der Waals surface area contributed by atoms with Gasteiger partial charge in [-0.05, 0) is 51.3 Å². The molecule has 1 unspecified atom stereocenters. The second-order valence-corrected chi connectivity index (χ2v) is 7.46. The summed E-state index contributed by atoms with van der Waals surface area (Å²) in [5.74, 6) is -0.0575. The first-order chi connectivity index (χ1) is 11.3. The summed E-state index contributed by atoms with van der Waals surface area (Å²) in [7, 11) is 0. The van der Waals surface area contributed by atoms with Gasteiger partial charge in [0.2, 0.25) is 0 Å². The van der Waals surface area contributed by atoms with Crippen LogP contribution in [0.4, 0.5) is 0 Å². The molecule has 1 atom stereocenters. The molecule has 4 nitrogen and oxygen atoms in total. The van der Waals surface area contributed by atoms with Crippen LogP contribution in [0.1, 0.15) is 35.9 Å². The standard InChI is InChI=1S/C19H20N2O2S/c1-10-6-7-15(8-11(10)2)16-14(5)24-18-17(16)19(23)21(9-20-18)12(3)13(4)22/h6-9,12H,1-5H3. The highest BCUT2D eigenvalue weighted by Gasteiger charge is 2.20. The van der Waals surface area contributed by atoms with E-state index in [-0.39, 0.29) is 11.3 Å². The van der Waals surface area contributed by atoms with Crippen molar-refractivity contribution in [2.24, 2.45) is 0 Å². The lowest BCUT2D eigenvalue weighted by molar-refractivity contribution is -0.119. The van der Waals surface area contributed by atoms with Gasteiger partial charge in [0.1, 0.15) is 4.83 Å². The number of ketones is 1. The number of hydrogen-bond donors (Lipinski definition) is 0. The summed E-state index contributed by atoms with van der Waals surface area (Å²) in [5, 5.41) is 0.608. The van der Waals surface area contributed by atoms with E-state index in [2.05, 4.69) is 31.0 Å². The number of nitrogens with zero attached hydrogens (tertiary/aromatic N) is 2. The molecular weight excluding hydrogens is 320 g/mol. The average molecular weight is 340 g/mol. The molecule has 0 aliphatic rings. The first-order valence-corrected chi connectivity index (χ1v) is 8.71. The maximum absolute atomic E-state index is 13.0. The number of rotatable bonds is 3. The maximum atomic E-state index is 13.0. The molecule has 0 aliphatic heterocycles. The molecule has 2 aromatic heterocycles. The van der Waals surface area contributed by atoms with Crippen molar-refractivity contribution in [2.45, 2.75) is 40.7 Å². The molecule has 0 N–H and O–H groups in total. The van der Waals surface area contributed by atoms with E-state index in [1.54, 1.807) is 6.92 Å². The molecule has 3 rings (SSSR count). The van der Waals surface area contributed by atoms with Gasteiger partial charge in [-0.15, -0.1) is 11.3 Å². The summed E-state index contributed by atoms with van der Waals surface area (Å²) in [6.07, 6.45) is 1.48. The Morgan fingerprint density at radius 3 is 2.54 bits per heavy atom. The summed E-state index contributed by atoms with van der Waals surface area (Å²) >= 11 is 1.52. The van der Waals surface area contributed by atoms with Crippen LogP contribution in [-0.4, -0.2) is 15.3 Å². The van der Waals surface area contributed by atoms with Crippen LogP contribution in [0.15, 0.2) is 29.3 Å². The van der Waals surface area contributed by atoms with E-state index in [9.17, 15) is 9.59 Å². The Morgan fingerprint density at radius 2 is 1.92 bits per heavy atom. The third kappa shape index (κ3) is 2.59. The predicted molar refractivity (Wildman–Crippen MR) is 98.9 cm³/mol. The minimum Gasteiger partial charge on any atom is -0.298 e. The van der Waals surface area contributed by atoms with E-state index in [1.165, 1.54) is 40.3 Å². The summed E-state index contributed by atoms with van der Waals surface area (Å²) < 4.78 is 1.43. The Hall–Kier alpha value is -2.27. The number of aromatic nitrogens is 2. The van der Waals surface area contributed by atoms with Crippen LogP contribution in [0.2, 0.25) is 0 Å². The number of hydrogen-bond acceptors (Lipinski definition) is 4. The second-order valence-electron chi connectivity index (χ2n) is 6.26. The van der Waals surface area contributed by atoms with Crippen molar-refractivity contribution in [1.29, 1.82) is 0 Å². The number of carbonyl (C=O) groups is 1. The predicted octanol–water partition coefficient (Wildman–Crippen LogP) is 4.20. The van der Waals surface area contributed by atoms with E-state index < -0.39 is 6.04 Å². The number of benzene rings is 1. The Labute approximate surface area is 144 Å². The molecule has 0 spiro atoms. The second kappa shape index (κ2) is 5.98. The van der Waals surface area contributed by atoms with Gasteiger partial charge in [-0.25, -0.2) is 4.98 Å². The van der Waals surface area contributed by atoms with Crippen molar-refractivity contribution in [3.8, 4) is 11.1 Å². The third-order valence-corrected chi connectivity index (χ3v) is 5.63. The third-order valence-electron chi connectivity index (χ3n) is 4.61. The molecule has 0 aliphatic carbocycles. The number of Topliss-reactive ketones (excluding diaryl/α,β-unsaturated/α-hetero) is 1. The van der Waals surface area contributed by atoms with Gasteiger partial charge in [0.15, 0.2) is 5.78 Å². The quantitative estimate of drug-likeness (QED) is 0.718. The van der Waals surface area contributed by atoms with Gasteiger partial charge in [0.25, 0.3) is 5.56 Å². The molecule has 0 saturated carbocycles. The highest BCUT2D eigenvalue weighted by molar-refractivity contribution is 7.19. The van der Waals surface area contributed by atoms with Crippen LogP contribution in [0.25, 0.3) is 21.3 Å². The van der Waals surface area contributed by atoms with E-state index in [0.29, 0.717) is 5.39 Å². The molecule has 2 heterocycles. The number of carbonyl (C=O) groups excluding carboxylic acids is 1. The molecule has 0 radical (unpaired) electrons. The lowest BCUT2D eigenvalue weighted by Crippen LogP contribution is -2.27. The SMILES string of the molecule is CC(=O)C(C)n1cnc2sc(C)c(-c3ccc(C)c(C)c3)c2c1=O. The van der Waals surface area contributed by atoms with Crippen LogP contribution >= 0.6 is 11.3 Å². The van der Waals surface area contributed by atoms with Crippen molar-refractivity contribution in [1.82, 2.24) is 9.55 Å². The molecule has 0 bridgehead atoms. The van der Waals surface area contributed by atoms with Crippen LogP contribution < -0.4 is 5.56 Å². The Bertz CT molecular complexity index is 1010. The van der Waals surface area contributed by atoms with E-state index in [4.69, 9.17) is 0 Å². The maximum Gasteiger partial charge on any atom is 0.263 e. The molecule has 124 valence electrons. The summed E-state index contributed by atoms with van der Waals surface area (Å²) in [6.45, 7) is 9.36. The molecular formula is C19H20N2O2S. The largest absolute Gasteiger partial charge is 0.298 e. The van der Waals surface area contributed by atoms with Crippen molar-refractivity contribution in [3.63, 3.8) is 0 Å². The molecule has 24 heavy (non-hydrogen) atoms. The average Bonchev–Trinajstić information content (AvgIpc) is 2.87. The lowest BCUT2D eigenvalue weighted by Gasteiger charge is -2.12. The highest BCUT2D eigenvalue weighted by atomic mass is 32.1. The minimum absolute atomic E-state index is 0.0575. The normalized spacial score (nSPS) is 12.5. The van der Waals surface area contributed by atoms with Gasteiger partial charge in [0.05, 0.1) is 17.8 Å². The Morgan fingerprint density at radius 1 is 1.21 bits per heavy atom. The first kappa shape index (κ1) is 16.6. The molecule has 0 amide bonds. The Balaban J connectivity index is 2.34. The molecule has 5 heteroatoms. The zero-order valence-electron chi connectivity index (χ0n) is 14.5. The fourth-order valence-corrected chi connectivity index (χ4v) is 3.84. The summed E-state index contributed by atoms with van der Waals surface area (Å²) in [4.78, 5) is 30.9. The number of thiophene rings is 1. The lowest BCUT2D eigenvalue weighted by atomic mass is 9.99. The monoisotopic (exact) mass is 340 g/mol. The smallest absolute Gasteiger partial charge is 0.263 e. The molecule has 0 saturated heterocycles. The highest BCUT2D eigenvalue weighted by Crippen LogP contribution is 2.36. The zero-order chi connectivity index (χ0) is 17.6. The van der Waals surface area contributed by atoms with Crippen molar-refractivity contribution >= 4 is 27.3 Å². The first-order valence-electron chi connectivity index (χ1n) is 7.89. The van der Waals surface area contributed by atoms with Gasteiger partial charge < -0.3 is 0 Å². The molecule has 3 aromatic rings. The topological polar surface area (TPSA) is 52.0 Å². The summed E-state index contributed by atoms with van der Waals surface area (Å²) in [5.41, 5.74) is 4.21. The van der Waals surface area contributed by atoms with Gasteiger partial charge >= 0.3 is 0 Å². The Kier molecular flexibility index (Phi) is 4.13. The van der Waals surface area contributed by atoms with Crippen molar-refractivity contribution in [3.05, 3.63) is 50.9 Å². The van der Waals surface area contributed by atoms with Crippen LogP contribution in [0, 0.1) is 20.8 Å². The van der Waals surface area contributed by atoms with E-state index in [1.807, 2.05) is 13.0 Å². The van der Waals surface area contributed by atoms with Crippen LogP contribution in [0.5, 0.6) is 0 Å². The van der Waals surface area contributed by atoms with Gasteiger partial charge in [-0.1, -0.05) is 18.2 Å². The van der Waals surface area contributed by atoms with Gasteiger partial charge in [-0.3, -0.25) is 14.2 Å². The fourth-order valence-electron chi connectivity index (χ4n) is 2.83. The van der Waals surface area contributed by atoms with Crippen molar-refractivity contribution in [2.75, 3.05) is 0 Å². The van der Waals surface area contributed by atoms with Crippen molar-refractivity contribution < 1.29 is 4.79 Å². The summed E-state index contributed by atoms with van der Waals surface area (Å²) in [6, 6.07) is 5.71. The van der Waals surface area contributed by atoms with Crippen LogP contribution in [-0.2, 0) is 4.79 Å². The van der Waals surface area contributed by atoms with E-state index >= 15 is 0 Å². The zero-order valence-corrected chi connectivity index (χ0v) is 15.3. The van der Waals surface area contributed by atoms with Gasteiger partial charge in [-0.2, -0.15) is 0 Å². The molecule has 1 aromatic carbocycles. The van der Waals surface area contributed by atoms with E-state index in [0.717, 1.165) is 20.8 Å². The fraction of sp³-hybridized carbons (Fsp3) is 0.316.